The molecule has 0 bridgehead atoms. The topological polar surface area (TPSA) is 78.4 Å². The molecule has 0 spiro atoms. The van der Waals surface area contributed by atoms with Gasteiger partial charge in [0.05, 0.1) is 5.56 Å². The first-order valence-electron chi connectivity index (χ1n) is 6.51. The molecule has 0 saturated carbocycles. The van der Waals surface area contributed by atoms with Crippen molar-refractivity contribution in [2.24, 2.45) is 0 Å². The molecule has 2 amide bonds. The van der Waals surface area contributed by atoms with Gasteiger partial charge in [-0.2, -0.15) is 0 Å². The van der Waals surface area contributed by atoms with E-state index in [1.165, 1.54) is 0 Å². The molecule has 0 saturated heterocycles. The summed E-state index contributed by atoms with van der Waals surface area (Å²) in [5, 5.41) is 14.5. The molecule has 0 aromatic heterocycles. The second kappa shape index (κ2) is 7.99. The molecule has 0 aliphatic heterocycles. The quantitative estimate of drug-likeness (QED) is 0.668. The first-order chi connectivity index (χ1) is 9.54. The first-order valence-corrected chi connectivity index (χ1v) is 6.51. The smallest absolute Gasteiger partial charge is 0.335 e. The van der Waals surface area contributed by atoms with Crippen LogP contribution in [0, 0.1) is 0 Å². The molecule has 108 valence electrons. The van der Waals surface area contributed by atoms with Gasteiger partial charge in [-0.25, -0.2) is 9.59 Å². The second-order valence-electron chi connectivity index (χ2n) is 4.54. The van der Waals surface area contributed by atoms with E-state index in [2.05, 4.69) is 17.2 Å². The maximum atomic E-state index is 11.6. The Morgan fingerprint density at radius 1 is 1.40 bits per heavy atom. The van der Waals surface area contributed by atoms with E-state index in [1.807, 2.05) is 6.92 Å². The molecular weight excluding hydrogens is 256 g/mol. The van der Waals surface area contributed by atoms with Gasteiger partial charge in [0.25, 0.3) is 0 Å². The number of rotatable bonds is 7. The summed E-state index contributed by atoms with van der Waals surface area (Å²) in [5.41, 5.74) is 0.981. The number of amides is 2. The average Bonchev–Trinajstić information content (AvgIpc) is 2.39. The summed E-state index contributed by atoms with van der Waals surface area (Å²) < 4.78 is 0. The highest BCUT2D eigenvalue weighted by Gasteiger charge is 2.09. The monoisotopic (exact) mass is 276 g/mol. The average molecular weight is 276 g/mol. The van der Waals surface area contributed by atoms with Gasteiger partial charge in [-0.3, -0.25) is 0 Å². The van der Waals surface area contributed by atoms with Crippen LogP contribution in [0.25, 0.3) is 0 Å². The van der Waals surface area contributed by atoms with Gasteiger partial charge in [-0.1, -0.05) is 24.3 Å². The molecule has 0 fully saturated rings. The molecule has 1 unspecified atom stereocenters. The zero-order valence-corrected chi connectivity index (χ0v) is 11.6. The Morgan fingerprint density at radius 2 is 2.10 bits per heavy atom. The molecule has 1 atom stereocenters. The Morgan fingerprint density at radius 3 is 2.75 bits per heavy atom. The van der Waals surface area contributed by atoms with E-state index < -0.39 is 5.97 Å². The largest absolute Gasteiger partial charge is 0.478 e. The zero-order chi connectivity index (χ0) is 15.0. The van der Waals surface area contributed by atoms with Gasteiger partial charge < -0.3 is 15.7 Å². The normalized spacial score (nSPS) is 11.4. The number of carboxylic acids is 1. The van der Waals surface area contributed by atoms with E-state index in [9.17, 15) is 9.59 Å². The Balaban J connectivity index is 2.43. The minimum atomic E-state index is -0.954. The lowest BCUT2D eigenvalue weighted by Crippen LogP contribution is -2.41. The number of carboxylic acid groups (broad SMARTS) is 1. The molecule has 1 aromatic carbocycles. The van der Waals surface area contributed by atoms with Crippen LogP contribution in [0.15, 0.2) is 36.9 Å². The summed E-state index contributed by atoms with van der Waals surface area (Å²) in [5.74, 6) is -0.954. The van der Waals surface area contributed by atoms with Gasteiger partial charge in [0.2, 0.25) is 0 Å². The fourth-order valence-corrected chi connectivity index (χ4v) is 1.84. The standard InChI is InChI=1S/C15H20N2O3/c1-3-6-11(2)17-15(20)16-10-9-12-7-4-5-8-13(12)14(18)19/h3-5,7-8,11H,1,6,9-10H2,2H3,(H,18,19)(H2,16,17,20). The molecule has 0 aliphatic rings. The Bertz CT molecular complexity index is 486. The maximum absolute atomic E-state index is 11.6. The van der Waals surface area contributed by atoms with Crippen LogP contribution in [-0.2, 0) is 6.42 Å². The van der Waals surface area contributed by atoms with Crippen molar-refractivity contribution >= 4 is 12.0 Å². The highest BCUT2D eigenvalue weighted by atomic mass is 16.4. The van der Waals surface area contributed by atoms with Crippen molar-refractivity contribution in [2.75, 3.05) is 6.54 Å². The maximum Gasteiger partial charge on any atom is 0.335 e. The van der Waals surface area contributed by atoms with E-state index in [4.69, 9.17) is 5.11 Å². The minimum Gasteiger partial charge on any atom is -0.478 e. The minimum absolute atomic E-state index is 0.0267. The van der Waals surface area contributed by atoms with E-state index >= 15 is 0 Å². The number of hydrogen-bond donors (Lipinski definition) is 3. The lowest BCUT2D eigenvalue weighted by molar-refractivity contribution is 0.0695. The molecule has 20 heavy (non-hydrogen) atoms. The highest BCUT2D eigenvalue weighted by Crippen LogP contribution is 2.08. The second-order valence-corrected chi connectivity index (χ2v) is 4.54. The summed E-state index contributed by atoms with van der Waals surface area (Å²) in [6.07, 6.45) is 2.93. The third-order valence-corrected chi connectivity index (χ3v) is 2.83. The van der Waals surface area contributed by atoms with Crippen LogP contribution in [-0.4, -0.2) is 29.7 Å². The fourth-order valence-electron chi connectivity index (χ4n) is 1.84. The number of carbonyl (C=O) groups excluding carboxylic acids is 1. The van der Waals surface area contributed by atoms with Crippen molar-refractivity contribution in [1.29, 1.82) is 0 Å². The molecule has 1 rings (SSSR count). The number of benzene rings is 1. The van der Waals surface area contributed by atoms with Crippen molar-refractivity contribution in [3.05, 3.63) is 48.0 Å². The Hall–Kier alpha value is -2.30. The number of aromatic carboxylic acids is 1. The number of carbonyl (C=O) groups is 2. The van der Waals surface area contributed by atoms with Gasteiger partial charge in [0.1, 0.15) is 0 Å². The summed E-state index contributed by atoms with van der Waals surface area (Å²) in [4.78, 5) is 22.6. The SMILES string of the molecule is C=CCC(C)NC(=O)NCCc1ccccc1C(=O)O. The van der Waals surface area contributed by atoms with Crippen LogP contribution < -0.4 is 10.6 Å². The van der Waals surface area contributed by atoms with Crippen LogP contribution >= 0.6 is 0 Å². The highest BCUT2D eigenvalue weighted by molar-refractivity contribution is 5.89. The van der Waals surface area contributed by atoms with E-state index in [1.54, 1.807) is 30.3 Å². The van der Waals surface area contributed by atoms with Crippen LogP contribution in [0.3, 0.4) is 0 Å². The Kier molecular flexibility index (Phi) is 6.29. The predicted octanol–water partition coefficient (Wildman–Crippen LogP) is 2.19. The van der Waals surface area contributed by atoms with Crippen molar-refractivity contribution in [3.63, 3.8) is 0 Å². The van der Waals surface area contributed by atoms with Gasteiger partial charge >= 0.3 is 12.0 Å². The summed E-state index contributed by atoms with van der Waals surface area (Å²) >= 11 is 0. The van der Waals surface area contributed by atoms with Crippen molar-refractivity contribution in [2.45, 2.75) is 25.8 Å². The third-order valence-electron chi connectivity index (χ3n) is 2.83. The van der Waals surface area contributed by atoms with Gasteiger partial charge in [0.15, 0.2) is 0 Å². The molecular formula is C15H20N2O3. The molecule has 1 aromatic rings. The summed E-state index contributed by atoms with van der Waals surface area (Å²) in [6.45, 7) is 5.88. The predicted molar refractivity (Wildman–Crippen MR) is 77.9 cm³/mol. The lowest BCUT2D eigenvalue weighted by atomic mass is 10.0. The third kappa shape index (κ3) is 5.14. The molecule has 3 N–H and O–H groups in total. The first kappa shape index (κ1) is 15.8. The summed E-state index contributed by atoms with van der Waals surface area (Å²) in [7, 11) is 0. The van der Waals surface area contributed by atoms with E-state index in [0.29, 0.717) is 24.9 Å². The Labute approximate surface area is 118 Å². The summed E-state index contributed by atoms with van der Waals surface area (Å²) in [6, 6.07) is 6.55. The molecule has 0 aliphatic carbocycles. The van der Waals surface area contributed by atoms with Crippen molar-refractivity contribution in [3.8, 4) is 0 Å². The number of hydrogen-bond acceptors (Lipinski definition) is 2. The number of urea groups is 1. The van der Waals surface area contributed by atoms with Crippen LogP contribution in [0.1, 0.15) is 29.3 Å². The number of nitrogens with one attached hydrogen (secondary N) is 2. The van der Waals surface area contributed by atoms with Crippen LogP contribution in [0.5, 0.6) is 0 Å². The van der Waals surface area contributed by atoms with Crippen molar-refractivity contribution < 1.29 is 14.7 Å². The fraction of sp³-hybridized carbons (Fsp3) is 0.333. The van der Waals surface area contributed by atoms with E-state index in [0.717, 1.165) is 0 Å². The lowest BCUT2D eigenvalue weighted by Gasteiger charge is -2.13. The van der Waals surface area contributed by atoms with Crippen molar-refractivity contribution in [1.82, 2.24) is 10.6 Å². The van der Waals surface area contributed by atoms with Crippen LogP contribution in [0.2, 0.25) is 0 Å². The molecule has 5 nitrogen and oxygen atoms in total. The molecule has 5 heteroatoms. The molecule has 0 radical (unpaired) electrons. The van der Waals surface area contributed by atoms with Gasteiger partial charge in [0, 0.05) is 12.6 Å². The molecule has 0 heterocycles. The van der Waals surface area contributed by atoms with Gasteiger partial charge in [-0.15, -0.1) is 6.58 Å². The van der Waals surface area contributed by atoms with Gasteiger partial charge in [-0.05, 0) is 31.4 Å². The van der Waals surface area contributed by atoms with E-state index in [-0.39, 0.29) is 17.6 Å². The van der Waals surface area contributed by atoms with Crippen LogP contribution in [0.4, 0.5) is 4.79 Å². The zero-order valence-electron chi connectivity index (χ0n) is 11.6.